The number of imidazole rings is 2. The number of aromatic nitrogens is 7. The average molecular weight is 428 g/mol. The molecule has 0 bridgehead atoms. The van der Waals surface area contributed by atoms with Gasteiger partial charge in [-0.2, -0.15) is 5.10 Å². The summed E-state index contributed by atoms with van der Waals surface area (Å²) in [5.74, 6) is 1.67. The van der Waals surface area contributed by atoms with Gasteiger partial charge in [-0.3, -0.25) is 5.10 Å². The van der Waals surface area contributed by atoms with Gasteiger partial charge in [0, 0.05) is 33.2 Å². The molecule has 4 aromatic heterocycles. The first-order valence-electron chi connectivity index (χ1n) is 10.8. The molecule has 0 amide bonds. The summed E-state index contributed by atoms with van der Waals surface area (Å²) < 4.78 is 2.04. The van der Waals surface area contributed by atoms with E-state index in [0.29, 0.717) is 0 Å². The van der Waals surface area contributed by atoms with Gasteiger partial charge in [0.1, 0.15) is 16.9 Å². The highest BCUT2D eigenvalue weighted by molar-refractivity contribution is 5.94. The zero-order chi connectivity index (χ0) is 21.8. The summed E-state index contributed by atoms with van der Waals surface area (Å²) in [6, 6.07) is 10.3. The Kier molecular flexibility index (Phi) is 4.25. The summed E-state index contributed by atoms with van der Waals surface area (Å²) in [4.78, 5) is 22.5. The lowest BCUT2D eigenvalue weighted by atomic mass is 10.2. The lowest BCUT2D eigenvalue weighted by molar-refractivity contribution is 0.313. The summed E-state index contributed by atoms with van der Waals surface area (Å²) in [7, 11) is 4.17. The van der Waals surface area contributed by atoms with Crippen molar-refractivity contribution in [2.75, 3.05) is 38.1 Å². The van der Waals surface area contributed by atoms with Gasteiger partial charge >= 0.3 is 0 Å². The standard InChI is InChI=1S/C23H25N9/c1-14-24-13-19(31(14)3)15-7-8-17-21(25-15)22(29-28-17)23-26-16-5-4-6-18(20(16)27-23)32-11-9-30(2)10-12-32/h4-8,13H,9-12H2,1-3H3,(H,26,27)(H,28,29). The van der Waals surface area contributed by atoms with E-state index < -0.39 is 0 Å². The van der Waals surface area contributed by atoms with E-state index in [1.54, 1.807) is 0 Å². The normalized spacial score (nSPS) is 15.3. The first kappa shape index (κ1) is 19.0. The van der Waals surface area contributed by atoms with Gasteiger partial charge in [0.25, 0.3) is 0 Å². The number of nitrogens with one attached hydrogen (secondary N) is 2. The molecule has 0 saturated carbocycles. The van der Waals surface area contributed by atoms with E-state index in [0.717, 1.165) is 82.7 Å². The molecule has 5 aromatic rings. The summed E-state index contributed by atoms with van der Waals surface area (Å²) in [5, 5.41) is 7.65. The molecule has 1 aliphatic rings. The first-order chi connectivity index (χ1) is 15.6. The quantitative estimate of drug-likeness (QED) is 0.460. The van der Waals surface area contributed by atoms with E-state index >= 15 is 0 Å². The maximum atomic E-state index is 4.97. The van der Waals surface area contributed by atoms with Gasteiger partial charge in [0.05, 0.1) is 34.3 Å². The van der Waals surface area contributed by atoms with Crippen LogP contribution >= 0.6 is 0 Å². The molecule has 9 heteroatoms. The Morgan fingerprint density at radius 1 is 0.906 bits per heavy atom. The topological polar surface area (TPSA) is 94.6 Å². The van der Waals surface area contributed by atoms with Crippen LogP contribution in [0.2, 0.25) is 0 Å². The monoisotopic (exact) mass is 427 g/mol. The second-order valence-corrected chi connectivity index (χ2v) is 8.46. The SMILES string of the molecule is Cc1ncc(-c2ccc3[nH]nc(-c4nc5c(N6CCN(C)CC6)cccc5[nH]4)c3n2)n1C. The summed E-state index contributed by atoms with van der Waals surface area (Å²) in [6.07, 6.45) is 1.85. The number of rotatable bonds is 3. The van der Waals surface area contributed by atoms with Crippen LogP contribution in [-0.2, 0) is 7.05 Å². The van der Waals surface area contributed by atoms with Gasteiger partial charge in [0.2, 0.25) is 0 Å². The lowest BCUT2D eigenvalue weighted by Gasteiger charge is -2.34. The van der Waals surface area contributed by atoms with Crippen molar-refractivity contribution in [2.45, 2.75) is 6.92 Å². The van der Waals surface area contributed by atoms with Crippen molar-refractivity contribution in [2.24, 2.45) is 7.05 Å². The average Bonchev–Trinajstić information content (AvgIpc) is 3.50. The predicted molar refractivity (Wildman–Crippen MR) is 126 cm³/mol. The molecule has 0 atom stereocenters. The van der Waals surface area contributed by atoms with Gasteiger partial charge in [-0.25, -0.2) is 15.0 Å². The molecule has 1 fully saturated rings. The number of likely N-dealkylation sites (N-methyl/N-ethyl adjacent to an activating group) is 1. The molecule has 162 valence electrons. The summed E-state index contributed by atoms with van der Waals surface area (Å²) in [5.41, 5.74) is 7.37. The van der Waals surface area contributed by atoms with E-state index in [2.05, 4.69) is 55.2 Å². The molecule has 1 aromatic carbocycles. The van der Waals surface area contributed by atoms with Crippen LogP contribution in [0.5, 0.6) is 0 Å². The molecule has 0 radical (unpaired) electrons. The van der Waals surface area contributed by atoms with Crippen LogP contribution in [0.3, 0.4) is 0 Å². The summed E-state index contributed by atoms with van der Waals surface area (Å²) >= 11 is 0. The zero-order valence-corrected chi connectivity index (χ0v) is 18.4. The Morgan fingerprint density at radius 2 is 1.75 bits per heavy atom. The molecular weight excluding hydrogens is 402 g/mol. The van der Waals surface area contributed by atoms with Crippen LogP contribution in [0.1, 0.15) is 5.82 Å². The van der Waals surface area contributed by atoms with Crippen molar-refractivity contribution in [3.8, 4) is 22.9 Å². The Hall–Kier alpha value is -3.72. The smallest absolute Gasteiger partial charge is 0.161 e. The molecule has 6 rings (SSSR count). The van der Waals surface area contributed by atoms with Crippen LogP contribution in [0.4, 0.5) is 5.69 Å². The minimum atomic E-state index is 0.721. The summed E-state index contributed by atoms with van der Waals surface area (Å²) in [6.45, 7) is 6.09. The molecule has 0 aliphatic carbocycles. The van der Waals surface area contributed by atoms with E-state index in [4.69, 9.17) is 9.97 Å². The molecular formula is C23H25N9. The molecule has 5 heterocycles. The fourth-order valence-electron chi connectivity index (χ4n) is 4.38. The Labute approximate surface area is 185 Å². The third-order valence-electron chi connectivity index (χ3n) is 6.45. The molecule has 1 saturated heterocycles. The Balaban J connectivity index is 1.45. The van der Waals surface area contributed by atoms with Crippen molar-refractivity contribution in [1.29, 1.82) is 0 Å². The highest BCUT2D eigenvalue weighted by Gasteiger charge is 2.20. The van der Waals surface area contributed by atoms with Crippen molar-refractivity contribution in [3.05, 3.63) is 42.4 Å². The predicted octanol–water partition coefficient (Wildman–Crippen LogP) is 2.96. The number of aromatic amines is 2. The fourth-order valence-corrected chi connectivity index (χ4v) is 4.38. The number of nitrogens with zero attached hydrogens (tertiary/aromatic N) is 7. The van der Waals surface area contributed by atoms with Crippen molar-refractivity contribution < 1.29 is 0 Å². The van der Waals surface area contributed by atoms with Gasteiger partial charge in [-0.05, 0) is 38.2 Å². The highest BCUT2D eigenvalue weighted by atomic mass is 15.3. The molecule has 32 heavy (non-hydrogen) atoms. The van der Waals surface area contributed by atoms with Crippen molar-refractivity contribution in [1.82, 2.24) is 39.6 Å². The van der Waals surface area contributed by atoms with Crippen LogP contribution in [0.15, 0.2) is 36.5 Å². The second-order valence-electron chi connectivity index (χ2n) is 8.46. The third-order valence-corrected chi connectivity index (χ3v) is 6.45. The maximum absolute atomic E-state index is 4.97. The van der Waals surface area contributed by atoms with E-state index in [-0.39, 0.29) is 0 Å². The van der Waals surface area contributed by atoms with Crippen molar-refractivity contribution >= 4 is 27.8 Å². The number of para-hydroxylation sites is 1. The Bertz CT molecular complexity index is 1430. The number of aryl methyl sites for hydroxylation is 1. The lowest BCUT2D eigenvalue weighted by Crippen LogP contribution is -2.44. The zero-order valence-electron chi connectivity index (χ0n) is 18.4. The van der Waals surface area contributed by atoms with E-state index in [1.165, 1.54) is 0 Å². The van der Waals surface area contributed by atoms with Crippen LogP contribution in [0, 0.1) is 6.92 Å². The van der Waals surface area contributed by atoms with Gasteiger partial charge < -0.3 is 19.4 Å². The van der Waals surface area contributed by atoms with E-state index in [1.807, 2.05) is 36.9 Å². The highest BCUT2D eigenvalue weighted by Crippen LogP contribution is 2.31. The van der Waals surface area contributed by atoms with Crippen LogP contribution in [-0.4, -0.2) is 72.8 Å². The van der Waals surface area contributed by atoms with E-state index in [9.17, 15) is 0 Å². The molecule has 0 unspecified atom stereocenters. The van der Waals surface area contributed by atoms with Crippen LogP contribution < -0.4 is 4.90 Å². The van der Waals surface area contributed by atoms with Gasteiger partial charge in [-0.15, -0.1) is 0 Å². The number of anilines is 1. The first-order valence-corrected chi connectivity index (χ1v) is 10.8. The number of piperazine rings is 1. The number of pyridine rings is 1. The minimum Gasteiger partial charge on any atom is -0.367 e. The number of hydrogen-bond acceptors (Lipinski definition) is 6. The fraction of sp³-hybridized carbons (Fsp3) is 0.304. The number of fused-ring (bicyclic) bond motifs is 2. The largest absolute Gasteiger partial charge is 0.367 e. The number of benzene rings is 1. The Morgan fingerprint density at radius 3 is 2.53 bits per heavy atom. The van der Waals surface area contributed by atoms with Gasteiger partial charge in [0.15, 0.2) is 11.5 Å². The molecule has 9 nitrogen and oxygen atoms in total. The number of hydrogen-bond donors (Lipinski definition) is 2. The third kappa shape index (κ3) is 2.96. The molecule has 0 spiro atoms. The molecule has 1 aliphatic heterocycles. The number of H-pyrrole nitrogens is 2. The minimum absolute atomic E-state index is 0.721. The molecule has 2 N–H and O–H groups in total. The second kappa shape index (κ2) is 7.16. The van der Waals surface area contributed by atoms with Crippen molar-refractivity contribution in [3.63, 3.8) is 0 Å². The van der Waals surface area contributed by atoms with Crippen LogP contribution in [0.25, 0.3) is 45.0 Å². The maximum Gasteiger partial charge on any atom is 0.161 e. The van der Waals surface area contributed by atoms with Gasteiger partial charge in [-0.1, -0.05) is 6.07 Å².